The standard InChI is InChI=1S/2C14H12N2O2.Fe/c2*17-15-13(11-7-3-1-4-8-11)14(16-18)12-9-5-2-6-10-12;/h2*1-10,17-18H;/p-2. The van der Waals surface area contributed by atoms with Crippen LogP contribution in [-0.4, -0.2) is 33.3 Å². The zero-order chi connectivity index (χ0) is 25.6. The van der Waals surface area contributed by atoms with Crippen molar-refractivity contribution in [1.29, 1.82) is 0 Å². The minimum Gasteiger partial charge on any atom is -0.791 e. The predicted octanol–water partition coefficient (Wildman–Crippen LogP) is 5.70. The molecule has 0 aliphatic carbocycles. The van der Waals surface area contributed by atoms with Crippen molar-refractivity contribution in [2.75, 3.05) is 0 Å². The Bertz CT molecular complexity index is 1130. The molecule has 0 radical (unpaired) electrons. The minimum atomic E-state index is 0. The number of nitrogens with zero attached hydrogens (tertiary/aromatic N) is 4. The molecule has 0 amide bonds. The zero-order valence-electron chi connectivity index (χ0n) is 19.4. The Morgan fingerprint density at radius 2 is 0.622 bits per heavy atom. The molecule has 0 heterocycles. The Kier molecular flexibility index (Phi) is 11.8. The van der Waals surface area contributed by atoms with Crippen LogP contribution in [0.15, 0.2) is 142 Å². The molecule has 0 unspecified atom stereocenters. The number of benzene rings is 4. The van der Waals surface area contributed by atoms with Gasteiger partial charge in [-0.25, -0.2) is 0 Å². The van der Waals surface area contributed by atoms with Gasteiger partial charge in [0.25, 0.3) is 0 Å². The molecule has 0 aliphatic heterocycles. The first-order valence-corrected chi connectivity index (χ1v) is 10.8. The molecule has 0 saturated carbocycles. The van der Waals surface area contributed by atoms with E-state index in [4.69, 9.17) is 10.4 Å². The van der Waals surface area contributed by atoms with Crippen LogP contribution < -0.4 is 0 Å². The second kappa shape index (κ2) is 15.3. The van der Waals surface area contributed by atoms with E-state index in [0.717, 1.165) is 0 Å². The van der Waals surface area contributed by atoms with Crippen molar-refractivity contribution in [1.82, 2.24) is 0 Å². The topological polar surface area (TPSA) is 136 Å². The van der Waals surface area contributed by atoms with Crippen LogP contribution in [0, 0.1) is 10.4 Å². The van der Waals surface area contributed by atoms with Crippen molar-refractivity contribution in [3.05, 3.63) is 154 Å². The number of hydrogen-bond acceptors (Lipinski definition) is 8. The van der Waals surface area contributed by atoms with Crippen molar-refractivity contribution >= 4 is 22.8 Å². The molecule has 0 fully saturated rings. The van der Waals surface area contributed by atoms with Crippen LogP contribution in [0.2, 0.25) is 0 Å². The fraction of sp³-hybridized carbons (Fsp3) is 0. The Hall–Kier alpha value is -4.72. The minimum absolute atomic E-state index is 0. The van der Waals surface area contributed by atoms with Crippen molar-refractivity contribution < 1.29 is 27.5 Å². The van der Waals surface area contributed by atoms with Gasteiger partial charge >= 0.3 is 0 Å². The van der Waals surface area contributed by atoms with Gasteiger partial charge in [-0.15, -0.1) is 0 Å². The predicted molar refractivity (Wildman–Crippen MR) is 142 cm³/mol. The summed E-state index contributed by atoms with van der Waals surface area (Å²) in [5.41, 5.74) is 3.06. The summed E-state index contributed by atoms with van der Waals surface area (Å²) in [5.74, 6) is 0. The molecule has 37 heavy (non-hydrogen) atoms. The third kappa shape index (κ3) is 7.63. The number of hydrogen-bond donors (Lipinski definition) is 2. The van der Waals surface area contributed by atoms with Gasteiger partial charge in [0.15, 0.2) is 0 Å². The van der Waals surface area contributed by atoms with E-state index in [-0.39, 0.29) is 39.9 Å². The summed E-state index contributed by atoms with van der Waals surface area (Å²) >= 11 is 0. The van der Waals surface area contributed by atoms with Crippen LogP contribution in [0.4, 0.5) is 0 Å². The molecule has 0 spiro atoms. The Labute approximate surface area is 224 Å². The summed E-state index contributed by atoms with van der Waals surface area (Å²) in [7, 11) is 0. The molecule has 0 atom stereocenters. The van der Waals surface area contributed by atoms with E-state index in [1.165, 1.54) is 0 Å². The summed E-state index contributed by atoms with van der Waals surface area (Å²) in [6.07, 6.45) is 0. The maximum Gasteiger partial charge on any atom is 0.135 e. The number of oxime groups is 2. The van der Waals surface area contributed by atoms with Crippen LogP contribution in [-0.2, 0) is 17.1 Å². The van der Waals surface area contributed by atoms with Gasteiger partial charge < -0.3 is 31.1 Å². The van der Waals surface area contributed by atoms with E-state index in [1.807, 2.05) is 24.3 Å². The molecule has 4 rings (SSSR count). The molecule has 188 valence electrons. The molecule has 0 saturated heterocycles. The van der Waals surface area contributed by atoms with E-state index in [0.29, 0.717) is 22.3 Å². The largest absolute Gasteiger partial charge is 0.791 e. The van der Waals surface area contributed by atoms with Crippen molar-refractivity contribution in [3.8, 4) is 0 Å². The Morgan fingerprint density at radius 1 is 0.405 bits per heavy atom. The molecular formula is C28H22FeN4O4-2. The summed E-state index contributed by atoms with van der Waals surface area (Å²) in [6, 6.07) is 35.7. The Morgan fingerprint density at radius 3 is 0.811 bits per heavy atom. The average molecular weight is 534 g/mol. The first kappa shape index (κ1) is 28.5. The van der Waals surface area contributed by atoms with Gasteiger partial charge in [-0.2, -0.15) is 0 Å². The van der Waals surface area contributed by atoms with Crippen LogP contribution in [0.25, 0.3) is 0 Å². The van der Waals surface area contributed by atoms with Crippen LogP contribution in [0.1, 0.15) is 22.3 Å². The molecule has 0 bridgehead atoms. The molecule has 0 aliphatic rings. The maximum atomic E-state index is 11.0. The van der Waals surface area contributed by atoms with Gasteiger partial charge in [0.05, 0.1) is 11.4 Å². The molecule has 2 N–H and O–H groups in total. The van der Waals surface area contributed by atoms with E-state index in [9.17, 15) is 10.4 Å². The summed E-state index contributed by atoms with van der Waals surface area (Å²) in [5, 5.41) is 52.6. The maximum absolute atomic E-state index is 11.0. The summed E-state index contributed by atoms with van der Waals surface area (Å²) in [4.78, 5) is 0. The van der Waals surface area contributed by atoms with Gasteiger partial charge in [-0.3, -0.25) is 0 Å². The third-order valence-corrected chi connectivity index (χ3v) is 5.02. The molecule has 8 nitrogen and oxygen atoms in total. The average Bonchev–Trinajstić information content (AvgIpc) is 2.96. The second-order valence-corrected chi connectivity index (χ2v) is 7.24. The second-order valence-electron chi connectivity index (χ2n) is 7.24. The van der Waals surface area contributed by atoms with Gasteiger partial charge in [-0.1, -0.05) is 132 Å². The van der Waals surface area contributed by atoms with Gasteiger partial charge in [0, 0.05) is 39.3 Å². The van der Waals surface area contributed by atoms with Crippen molar-refractivity contribution in [2.45, 2.75) is 0 Å². The molecular weight excluding hydrogens is 512 g/mol. The fourth-order valence-corrected chi connectivity index (χ4v) is 3.33. The SMILES string of the molecule is [Fe].[O-]N=C(C(=NO)c1ccccc1)c1ccccc1.[O-]N=C(C(=NO)c1ccccc1)c1ccccc1. The monoisotopic (exact) mass is 534 g/mol. The molecule has 4 aromatic rings. The van der Waals surface area contributed by atoms with Gasteiger partial charge in [0.1, 0.15) is 11.4 Å². The molecule has 4 aromatic carbocycles. The van der Waals surface area contributed by atoms with Crippen LogP contribution in [0.3, 0.4) is 0 Å². The van der Waals surface area contributed by atoms with Crippen molar-refractivity contribution in [3.63, 3.8) is 0 Å². The van der Waals surface area contributed by atoms with E-state index in [1.54, 1.807) is 97.1 Å². The van der Waals surface area contributed by atoms with Gasteiger partial charge in [0.2, 0.25) is 0 Å². The van der Waals surface area contributed by atoms with Crippen LogP contribution >= 0.6 is 0 Å². The van der Waals surface area contributed by atoms with Crippen molar-refractivity contribution in [2.24, 2.45) is 20.6 Å². The fourth-order valence-electron chi connectivity index (χ4n) is 3.33. The van der Waals surface area contributed by atoms with Crippen LogP contribution in [0.5, 0.6) is 0 Å². The summed E-state index contributed by atoms with van der Waals surface area (Å²) in [6.45, 7) is 0. The smallest absolute Gasteiger partial charge is 0.135 e. The van der Waals surface area contributed by atoms with E-state index in [2.05, 4.69) is 20.6 Å². The zero-order valence-corrected chi connectivity index (χ0v) is 20.5. The third-order valence-electron chi connectivity index (χ3n) is 5.02. The summed E-state index contributed by atoms with van der Waals surface area (Å²) < 4.78 is 0. The van der Waals surface area contributed by atoms with E-state index >= 15 is 0 Å². The first-order valence-electron chi connectivity index (χ1n) is 10.8. The Balaban J connectivity index is 0.000000253. The normalized spacial score (nSPS) is 12.1. The first-order chi connectivity index (χ1) is 17.7. The quantitative estimate of drug-likeness (QED) is 0.142. The van der Waals surface area contributed by atoms with Gasteiger partial charge in [-0.05, 0) is 0 Å². The van der Waals surface area contributed by atoms with E-state index < -0.39 is 0 Å². The molecule has 9 heteroatoms. The number of rotatable bonds is 6. The molecule has 0 aromatic heterocycles.